The summed E-state index contributed by atoms with van der Waals surface area (Å²) in [5, 5.41) is 12.3. The van der Waals surface area contributed by atoms with Gasteiger partial charge in [0.2, 0.25) is 0 Å². The van der Waals surface area contributed by atoms with E-state index >= 15 is 0 Å². The molecule has 0 aliphatic carbocycles. The number of rotatable bonds is 5. The fourth-order valence-electron chi connectivity index (χ4n) is 2.77. The number of piperidine rings is 1. The van der Waals surface area contributed by atoms with E-state index in [0.29, 0.717) is 30.2 Å². The van der Waals surface area contributed by atoms with Crippen LogP contribution in [0.5, 0.6) is 5.75 Å². The predicted molar refractivity (Wildman–Crippen MR) is 88.1 cm³/mol. The molecule has 1 saturated heterocycles. The number of ether oxygens (including phenoxy) is 1. The van der Waals surface area contributed by atoms with Gasteiger partial charge in [0, 0.05) is 12.1 Å². The number of carbonyl (C=O) groups excluding carboxylic acids is 2. The smallest absolute Gasteiger partial charge is 0.322 e. The van der Waals surface area contributed by atoms with Crippen molar-refractivity contribution in [2.45, 2.75) is 39.2 Å². The second-order valence-electron chi connectivity index (χ2n) is 5.66. The Labute approximate surface area is 136 Å². The van der Waals surface area contributed by atoms with Crippen molar-refractivity contribution in [3.63, 3.8) is 0 Å². The number of amides is 2. The standard InChI is InChI=1S/C17H24N2O4/c1-3-23-16-8-7-13(12(2)21)10-15(16)18-17(22)19-9-5-4-6-14(19)11-20/h7-8,10,14,20H,3-6,9,11H2,1-2H3,(H,18,22)/t14-/m0/s1. The summed E-state index contributed by atoms with van der Waals surface area (Å²) in [6.07, 6.45) is 2.74. The van der Waals surface area contributed by atoms with E-state index in [-0.39, 0.29) is 24.5 Å². The Bertz CT molecular complexity index is 574. The molecule has 6 heteroatoms. The topological polar surface area (TPSA) is 78.9 Å². The van der Waals surface area contributed by atoms with Crippen molar-refractivity contribution in [3.05, 3.63) is 23.8 Å². The van der Waals surface area contributed by atoms with Crippen LogP contribution in [-0.4, -0.2) is 47.6 Å². The molecule has 0 unspecified atom stereocenters. The summed E-state index contributed by atoms with van der Waals surface area (Å²) >= 11 is 0. The summed E-state index contributed by atoms with van der Waals surface area (Å²) in [5.41, 5.74) is 0.993. The number of nitrogens with zero attached hydrogens (tertiary/aromatic N) is 1. The zero-order chi connectivity index (χ0) is 16.8. The molecule has 1 aromatic rings. The number of likely N-dealkylation sites (tertiary alicyclic amines) is 1. The van der Waals surface area contributed by atoms with Crippen molar-refractivity contribution >= 4 is 17.5 Å². The van der Waals surface area contributed by atoms with Crippen LogP contribution < -0.4 is 10.1 Å². The zero-order valence-electron chi connectivity index (χ0n) is 13.7. The Hall–Kier alpha value is -2.08. The molecule has 1 aromatic carbocycles. The van der Waals surface area contributed by atoms with E-state index in [0.717, 1.165) is 19.3 Å². The van der Waals surface area contributed by atoms with Gasteiger partial charge in [-0.3, -0.25) is 4.79 Å². The van der Waals surface area contributed by atoms with E-state index in [2.05, 4.69) is 5.32 Å². The molecule has 1 heterocycles. The molecule has 0 bridgehead atoms. The maximum atomic E-state index is 12.5. The first kappa shape index (κ1) is 17.3. The van der Waals surface area contributed by atoms with Crippen molar-refractivity contribution in [3.8, 4) is 5.75 Å². The Morgan fingerprint density at radius 3 is 2.83 bits per heavy atom. The molecule has 6 nitrogen and oxygen atoms in total. The number of carbonyl (C=O) groups is 2. The molecular formula is C17H24N2O4. The summed E-state index contributed by atoms with van der Waals surface area (Å²) in [6.45, 7) is 4.38. The number of nitrogens with one attached hydrogen (secondary N) is 1. The molecule has 1 aliphatic heterocycles. The van der Waals surface area contributed by atoms with Crippen molar-refractivity contribution < 1.29 is 19.4 Å². The molecule has 1 aliphatic rings. The lowest BCUT2D eigenvalue weighted by Crippen LogP contribution is -2.47. The largest absolute Gasteiger partial charge is 0.492 e. The van der Waals surface area contributed by atoms with E-state index in [4.69, 9.17) is 4.74 Å². The third-order valence-corrected chi connectivity index (χ3v) is 4.03. The van der Waals surface area contributed by atoms with Crippen LogP contribution in [0.4, 0.5) is 10.5 Å². The van der Waals surface area contributed by atoms with Gasteiger partial charge >= 0.3 is 6.03 Å². The van der Waals surface area contributed by atoms with Gasteiger partial charge in [-0.1, -0.05) is 0 Å². The van der Waals surface area contributed by atoms with Crippen LogP contribution in [0.25, 0.3) is 0 Å². The second-order valence-corrected chi connectivity index (χ2v) is 5.66. The summed E-state index contributed by atoms with van der Waals surface area (Å²) in [5.74, 6) is 0.457. The van der Waals surface area contributed by atoms with Crippen LogP contribution in [-0.2, 0) is 0 Å². The minimum atomic E-state index is -0.273. The van der Waals surface area contributed by atoms with Gasteiger partial charge in [0.05, 0.1) is 24.9 Å². The fourth-order valence-corrected chi connectivity index (χ4v) is 2.77. The summed E-state index contributed by atoms with van der Waals surface area (Å²) in [7, 11) is 0. The molecule has 2 rings (SSSR count). The fraction of sp³-hybridized carbons (Fsp3) is 0.529. The molecule has 23 heavy (non-hydrogen) atoms. The molecule has 126 valence electrons. The molecule has 1 fully saturated rings. The van der Waals surface area contributed by atoms with Gasteiger partial charge in [0.25, 0.3) is 0 Å². The van der Waals surface area contributed by atoms with Gasteiger partial charge in [0.15, 0.2) is 5.78 Å². The molecular weight excluding hydrogens is 296 g/mol. The average molecular weight is 320 g/mol. The van der Waals surface area contributed by atoms with E-state index in [1.165, 1.54) is 6.92 Å². The van der Waals surface area contributed by atoms with Crippen LogP contribution in [0.3, 0.4) is 0 Å². The van der Waals surface area contributed by atoms with Crippen molar-refractivity contribution in [1.82, 2.24) is 4.90 Å². The van der Waals surface area contributed by atoms with Crippen LogP contribution >= 0.6 is 0 Å². The summed E-state index contributed by atoms with van der Waals surface area (Å²) in [4.78, 5) is 25.7. The first-order valence-electron chi connectivity index (χ1n) is 8.03. The molecule has 0 radical (unpaired) electrons. The molecule has 0 aromatic heterocycles. The normalized spacial score (nSPS) is 17.7. The van der Waals surface area contributed by atoms with Crippen molar-refractivity contribution in [1.29, 1.82) is 0 Å². The number of benzene rings is 1. The molecule has 0 saturated carbocycles. The van der Waals surface area contributed by atoms with Gasteiger partial charge in [0.1, 0.15) is 5.75 Å². The lowest BCUT2D eigenvalue weighted by atomic mass is 10.0. The van der Waals surface area contributed by atoms with Gasteiger partial charge in [-0.05, 0) is 51.3 Å². The maximum absolute atomic E-state index is 12.5. The Balaban J connectivity index is 2.20. The van der Waals surface area contributed by atoms with Gasteiger partial charge < -0.3 is 20.1 Å². The Morgan fingerprint density at radius 2 is 2.17 bits per heavy atom. The molecule has 2 amide bonds. The Kier molecular flexibility index (Phi) is 5.98. The van der Waals surface area contributed by atoms with Crippen LogP contribution in [0.1, 0.15) is 43.5 Å². The van der Waals surface area contributed by atoms with E-state index in [1.807, 2.05) is 6.92 Å². The number of hydrogen-bond acceptors (Lipinski definition) is 4. The predicted octanol–water partition coefficient (Wildman–Crippen LogP) is 2.67. The minimum absolute atomic E-state index is 0.0424. The van der Waals surface area contributed by atoms with Crippen molar-refractivity contribution in [2.75, 3.05) is 25.1 Å². The van der Waals surface area contributed by atoms with Crippen LogP contribution in [0.2, 0.25) is 0 Å². The first-order valence-corrected chi connectivity index (χ1v) is 8.03. The summed E-state index contributed by atoms with van der Waals surface area (Å²) < 4.78 is 5.52. The van der Waals surface area contributed by atoms with Crippen LogP contribution in [0.15, 0.2) is 18.2 Å². The molecule has 2 N–H and O–H groups in total. The first-order chi connectivity index (χ1) is 11.1. The number of aliphatic hydroxyl groups excluding tert-OH is 1. The van der Waals surface area contributed by atoms with Gasteiger partial charge in [-0.2, -0.15) is 0 Å². The second kappa shape index (κ2) is 7.97. The SMILES string of the molecule is CCOc1ccc(C(C)=O)cc1NC(=O)N1CCCC[C@H]1CO. The van der Waals surface area contributed by atoms with E-state index in [9.17, 15) is 14.7 Å². The van der Waals surface area contributed by atoms with E-state index < -0.39 is 0 Å². The number of hydrogen-bond donors (Lipinski definition) is 2. The Morgan fingerprint density at radius 1 is 1.39 bits per heavy atom. The highest BCUT2D eigenvalue weighted by Crippen LogP contribution is 2.27. The number of Topliss-reactive ketones (excluding diaryl/α,β-unsaturated/α-hetero) is 1. The minimum Gasteiger partial charge on any atom is -0.492 e. The quantitative estimate of drug-likeness (QED) is 0.818. The molecule has 1 atom stereocenters. The number of urea groups is 1. The van der Waals surface area contributed by atoms with E-state index in [1.54, 1.807) is 23.1 Å². The van der Waals surface area contributed by atoms with Crippen molar-refractivity contribution in [2.24, 2.45) is 0 Å². The summed E-state index contributed by atoms with van der Waals surface area (Å²) in [6, 6.07) is 4.57. The monoisotopic (exact) mass is 320 g/mol. The highest BCUT2D eigenvalue weighted by Gasteiger charge is 2.26. The number of ketones is 1. The third-order valence-electron chi connectivity index (χ3n) is 4.03. The third kappa shape index (κ3) is 4.22. The highest BCUT2D eigenvalue weighted by molar-refractivity contribution is 5.98. The van der Waals surface area contributed by atoms with Gasteiger partial charge in [-0.15, -0.1) is 0 Å². The number of aliphatic hydroxyl groups is 1. The number of anilines is 1. The molecule has 0 spiro atoms. The maximum Gasteiger partial charge on any atom is 0.322 e. The van der Waals surface area contributed by atoms with Gasteiger partial charge in [-0.25, -0.2) is 4.79 Å². The van der Waals surface area contributed by atoms with Crippen LogP contribution in [0, 0.1) is 0 Å². The zero-order valence-corrected chi connectivity index (χ0v) is 13.7. The lowest BCUT2D eigenvalue weighted by Gasteiger charge is -2.34. The lowest BCUT2D eigenvalue weighted by molar-refractivity contribution is 0.101. The highest BCUT2D eigenvalue weighted by atomic mass is 16.5. The average Bonchev–Trinajstić information content (AvgIpc) is 2.56.